The molecule has 0 spiro atoms. The molecule has 1 heterocycles. The molecule has 0 bridgehead atoms. The Balaban J connectivity index is 1.91. The van der Waals surface area contributed by atoms with Crippen LogP contribution in [0.4, 0.5) is 0 Å². The summed E-state index contributed by atoms with van der Waals surface area (Å²) in [5.74, 6) is 1.40. The highest BCUT2D eigenvalue weighted by molar-refractivity contribution is 5.82. The van der Waals surface area contributed by atoms with E-state index in [1.54, 1.807) is 0 Å². The van der Waals surface area contributed by atoms with Crippen LogP contribution in [0.2, 0.25) is 0 Å². The Labute approximate surface area is 189 Å². The summed E-state index contributed by atoms with van der Waals surface area (Å²) in [6, 6.07) is 0. The maximum Gasteiger partial charge on any atom is 0.0988 e. The van der Waals surface area contributed by atoms with Gasteiger partial charge in [0.2, 0.25) is 0 Å². The van der Waals surface area contributed by atoms with Crippen molar-refractivity contribution < 1.29 is 0 Å². The van der Waals surface area contributed by atoms with Gasteiger partial charge >= 0.3 is 0 Å². The van der Waals surface area contributed by atoms with E-state index >= 15 is 0 Å². The van der Waals surface area contributed by atoms with Gasteiger partial charge in [-0.25, -0.2) is 0 Å². The summed E-state index contributed by atoms with van der Waals surface area (Å²) in [5.41, 5.74) is 0. The minimum Gasteiger partial charge on any atom is -0.360 e. The van der Waals surface area contributed by atoms with Crippen LogP contribution in [0.3, 0.4) is 0 Å². The van der Waals surface area contributed by atoms with Crippen LogP contribution in [-0.4, -0.2) is 55.9 Å². The number of hydrogen-bond acceptors (Lipinski definition) is 3. The fraction of sp³-hybridized carbons (Fsp3) is 0.889. The molecule has 0 aromatic carbocycles. The first kappa shape index (κ1) is 27.2. The van der Waals surface area contributed by atoms with Gasteiger partial charge in [-0.3, -0.25) is 4.99 Å². The van der Waals surface area contributed by atoms with E-state index < -0.39 is 0 Å². The van der Waals surface area contributed by atoms with Gasteiger partial charge in [-0.2, -0.15) is 0 Å². The van der Waals surface area contributed by atoms with Crippen LogP contribution in [0.15, 0.2) is 17.1 Å². The number of allylic oxidation sites excluding steroid dienone is 2. The third-order valence-corrected chi connectivity index (χ3v) is 6.19. The molecule has 0 amide bonds. The summed E-state index contributed by atoms with van der Waals surface area (Å²) in [7, 11) is 4.33. The van der Waals surface area contributed by atoms with Gasteiger partial charge < -0.3 is 9.80 Å². The SMILES string of the molecule is CCCCCCCCC=CCCCCCCCCC1=NCCCN1CCCN(C)C. The number of aliphatic imine (C=N–C) groups is 1. The minimum absolute atomic E-state index is 1.05. The maximum absolute atomic E-state index is 4.84. The molecule has 0 aliphatic carbocycles. The van der Waals surface area contributed by atoms with Crippen LogP contribution < -0.4 is 0 Å². The Bertz CT molecular complexity index is 428. The van der Waals surface area contributed by atoms with Crippen molar-refractivity contribution in [1.82, 2.24) is 9.80 Å². The fourth-order valence-corrected chi connectivity index (χ4v) is 4.29. The predicted octanol–water partition coefficient (Wildman–Crippen LogP) is 7.47. The Morgan fingerprint density at radius 3 is 2.03 bits per heavy atom. The van der Waals surface area contributed by atoms with Gasteiger partial charge in [0, 0.05) is 26.1 Å². The molecule has 1 rings (SSSR count). The van der Waals surface area contributed by atoms with E-state index in [9.17, 15) is 0 Å². The topological polar surface area (TPSA) is 18.8 Å². The van der Waals surface area contributed by atoms with Gasteiger partial charge in [-0.05, 0) is 65.6 Å². The Morgan fingerprint density at radius 2 is 1.40 bits per heavy atom. The summed E-state index contributed by atoms with van der Waals surface area (Å²) in [5, 5.41) is 0. The number of rotatable bonds is 20. The molecule has 0 N–H and O–H groups in total. The zero-order valence-corrected chi connectivity index (χ0v) is 20.8. The first-order chi connectivity index (χ1) is 14.7. The molecular weight excluding hydrogens is 366 g/mol. The van der Waals surface area contributed by atoms with Crippen molar-refractivity contribution in [1.29, 1.82) is 0 Å². The minimum atomic E-state index is 1.05. The van der Waals surface area contributed by atoms with Crippen LogP contribution in [0.1, 0.15) is 116 Å². The largest absolute Gasteiger partial charge is 0.360 e. The van der Waals surface area contributed by atoms with Gasteiger partial charge in [-0.1, -0.05) is 76.9 Å². The molecule has 3 nitrogen and oxygen atoms in total. The molecule has 30 heavy (non-hydrogen) atoms. The predicted molar refractivity (Wildman–Crippen MR) is 136 cm³/mol. The number of nitrogens with zero attached hydrogens (tertiary/aromatic N) is 3. The lowest BCUT2D eigenvalue weighted by Crippen LogP contribution is -2.37. The average Bonchev–Trinajstić information content (AvgIpc) is 2.74. The van der Waals surface area contributed by atoms with Crippen molar-refractivity contribution in [2.75, 3.05) is 40.3 Å². The van der Waals surface area contributed by atoms with E-state index in [0.717, 1.165) is 6.54 Å². The first-order valence-corrected chi connectivity index (χ1v) is 13.3. The summed E-state index contributed by atoms with van der Waals surface area (Å²) in [6.45, 7) is 6.92. The van der Waals surface area contributed by atoms with Crippen LogP contribution in [0.25, 0.3) is 0 Å². The maximum atomic E-state index is 4.84. The molecule has 3 heteroatoms. The van der Waals surface area contributed by atoms with Gasteiger partial charge in [0.1, 0.15) is 0 Å². The zero-order chi connectivity index (χ0) is 21.7. The van der Waals surface area contributed by atoms with Gasteiger partial charge in [-0.15, -0.1) is 0 Å². The van der Waals surface area contributed by atoms with E-state index in [1.165, 1.54) is 135 Å². The van der Waals surface area contributed by atoms with E-state index in [2.05, 4.69) is 43.0 Å². The van der Waals surface area contributed by atoms with Crippen LogP contribution in [-0.2, 0) is 0 Å². The fourth-order valence-electron chi connectivity index (χ4n) is 4.29. The number of hydrogen-bond donors (Lipinski definition) is 0. The van der Waals surface area contributed by atoms with Crippen molar-refractivity contribution in [2.45, 2.75) is 116 Å². The molecule has 0 fully saturated rings. The van der Waals surface area contributed by atoms with E-state index in [1.807, 2.05) is 0 Å². The third kappa shape index (κ3) is 15.9. The standard InChI is InChI=1S/C27H53N3/c1-4-5-6-7-8-9-10-11-12-13-14-15-16-17-18-19-22-27-28-23-20-25-30(27)26-21-24-29(2)3/h11-12H,4-10,13-26H2,1-3H3. The van der Waals surface area contributed by atoms with Crippen LogP contribution in [0.5, 0.6) is 0 Å². The number of unbranched alkanes of at least 4 members (excludes halogenated alkanes) is 12. The lowest BCUT2D eigenvalue weighted by Gasteiger charge is -2.30. The Morgan fingerprint density at radius 1 is 0.800 bits per heavy atom. The second-order valence-corrected chi connectivity index (χ2v) is 9.48. The average molecular weight is 420 g/mol. The summed E-state index contributed by atoms with van der Waals surface area (Å²) < 4.78 is 0. The molecule has 0 atom stereocenters. The van der Waals surface area contributed by atoms with E-state index in [-0.39, 0.29) is 0 Å². The number of amidine groups is 1. The van der Waals surface area contributed by atoms with Gasteiger partial charge in [0.25, 0.3) is 0 Å². The van der Waals surface area contributed by atoms with Crippen molar-refractivity contribution in [3.8, 4) is 0 Å². The molecule has 0 aromatic rings. The smallest absolute Gasteiger partial charge is 0.0988 e. The first-order valence-electron chi connectivity index (χ1n) is 13.3. The lowest BCUT2D eigenvalue weighted by atomic mass is 10.1. The monoisotopic (exact) mass is 419 g/mol. The molecule has 0 saturated carbocycles. The molecule has 0 aromatic heterocycles. The lowest BCUT2D eigenvalue weighted by molar-refractivity contribution is 0.333. The van der Waals surface area contributed by atoms with E-state index in [0.29, 0.717) is 0 Å². The van der Waals surface area contributed by atoms with Crippen molar-refractivity contribution in [3.05, 3.63) is 12.2 Å². The Hall–Kier alpha value is -0.830. The molecular formula is C27H53N3. The quantitative estimate of drug-likeness (QED) is 0.150. The van der Waals surface area contributed by atoms with E-state index in [4.69, 9.17) is 4.99 Å². The van der Waals surface area contributed by atoms with Crippen LogP contribution in [0, 0.1) is 0 Å². The summed E-state index contributed by atoms with van der Waals surface area (Å²) in [4.78, 5) is 9.68. The second kappa shape index (κ2) is 20.1. The summed E-state index contributed by atoms with van der Waals surface area (Å²) >= 11 is 0. The normalized spacial score (nSPS) is 14.8. The molecule has 1 aliphatic rings. The molecule has 0 unspecified atom stereocenters. The second-order valence-electron chi connectivity index (χ2n) is 9.48. The van der Waals surface area contributed by atoms with Gasteiger partial charge in [0.15, 0.2) is 0 Å². The van der Waals surface area contributed by atoms with Crippen LogP contribution >= 0.6 is 0 Å². The highest BCUT2D eigenvalue weighted by atomic mass is 15.2. The third-order valence-electron chi connectivity index (χ3n) is 6.19. The van der Waals surface area contributed by atoms with Gasteiger partial charge in [0.05, 0.1) is 5.84 Å². The molecule has 176 valence electrons. The highest BCUT2D eigenvalue weighted by Gasteiger charge is 2.14. The van der Waals surface area contributed by atoms with Crippen molar-refractivity contribution in [3.63, 3.8) is 0 Å². The Kier molecular flexibility index (Phi) is 18.2. The highest BCUT2D eigenvalue weighted by Crippen LogP contribution is 2.14. The summed E-state index contributed by atoms with van der Waals surface area (Å²) in [6.07, 6.45) is 27.8. The van der Waals surface area contributed by atoms with Crippen molar-refractivity contribution in [2.24, 2.45) is 4.99 Å². The molecule has 0 saturated heterocycles. The van der Waals surface area contributed by atoms with Crippen molar-refractivity contribution >= 4 is 5.84 Å². The molecule has 0 radical (unpaired) electrons. The zero-order valence-electron chi connectivity index (χ0n) is 20.8. The molecule has 1 aliphatic heterocycles.